The predicted octanol–water partition coefficient (Wildman–Crippen LogP) is 3.51. The Hall–Kier alpha value is -0.730. The van der Waals surface area contributed by atoms with E-state index in [0.717, 1.165) is 16.2 Å². The Morgan fingerprint density at radius 3 is 2.61 bits per heavy atom. The molecule has 1 aliphatic rings. The highest BCUT2D eigenvalue weighted by Crippen LogP contribution is 2.35. The number of hydrogen-bond donors (Lipinski definition) is 1. The van der Waals surface area contributed by atoms with Crippen molar-refractivity contribution in [1.82, 2.24) is 4.31 Å². The third kappa shape index (κ3) is 3.53. The van der Waals surface area contributed by atoms with Crippen LogP contribution >= 0.6 is 22.7 Å². The number of aliphatic hydroxyl groups excluding tert-OH is 1. The molecule has 0 radical (unpaired) electrons. The summed E-state index contributed by atoms with van der Waals surface area (Å²) in [4.78, 5) is 2.06. The average molecular weight is 372 g/mol. The monoisotopic (exact) mass is 371 g/mol. The number of rotatable bonds is 5. The molecule has 0 bridgehead atoms. The van der Waals surface area contributed by atoms with Crippen LogP contribution in [0.25, 0.3) is 0 Å². The maximum atomic E-state index is 12.7. The molecule has 1 fully saturated rings. The number of hydrogen-bond acceptors (Lipinski definition) is 5. The van der Waals surface area contributed by atoms with Crippen LogP contribution in [0.1, 0.15) is 35.6 Å². The first kappa shape index (κ1) is 17.1. The summed E-state index contributed by atoms with van der Waals surface area (Å²) in [6.45, 7) is 2.99. The molecule has 4 nitrogen and oxygen atoms in total. The van der Waals surface area contributed by atoms with Crippen molar-refractivity contribution in [1.29, 1.82) is 0 Å². The zero-order valence-electron chi connectivity index (χ0n) is 13.0. The van der Waals surface area contributed by atoms with Crippen molar-refractivity contribution in [3.05, 3.63) is 39.4 Å². The van der Waals surface area contributed by atoms with Gasteiger partial charge in [0.15, 0.2) is 0 Å². The Bertz CT molecular complexity index is 728. The van der Waals surface area contributed by atoms with E-state index < -0.39 is 16.1 Å². The van der Waals surface area contributed by atoms with Gasteiger partial charge in [0.2, 0.25) is 0 Å². The maximum Gasteiger partial charge on any atom is 0.252 e. The van der Waals surface area contributed by atoms with Gasteiger partial charge in [0.25, 0.3) is 10.0 Å². The molecule has 7 heteroatoms. The van der Waals surface area contributed by atoms with Crippen LogP contribution in [0.3, 0.4) is 0 Å². The van der Waals surface area contributed by atoms with Crippen molar-refractivity contribution in [2.75, 3.05) is 13.1 Å². The van der Waals surface area contributed by atoms with E-state index in [0.29, 0.717) is 30.1 Å². The first-order valence-electron chi connectivity index (χ1n) is 7.82. The number of thiophene rings is 2. The lowest BCUT2D eigenvalue weighted by Crippen LogP contribution is -2.39. The molecule has 1 aliphatic heterocycles. The molecular formula is C16H21NO3S3. The van der Waals surface area contributed by atoms with Crippen molar-refractivity contribution in [2.24, 2.45) is 5.92 Å². The number of aliphatic hydroxyl groups is 1. The molecule has 1 N–H and O–H groups in total. The van der Waals surface area contributed by atoms with Crippen molar-refractivity contribution in [3.63, 3.8) is 0 Å². The van der Waals surface area contributed by atoms with Gasteiger partial charge in [-0.2, -0.15) is 4.31 Å². The number of piperidine rings is 1. The molecule has 2 aromatic rings. The molecule has 3 rings (SSSR count). The summed E-state index contributed by atoms with van der Waals surface area (Å²) in [6.07, 6.45) is 1.78. The minimum atomic E-state index is -3.38. The smallest absolute Gasteiger partial charge is 0.252 e. The zero-order chi connectivity index (χ0) is 16.4. The molecule has 0 aromatic carbocycles. The predicted molar refractivity (Wildman–Crippen MR) is 94.5 cm³/mol. The second-order valence-corrected chi connectivity index (χ2v) is 10.1. The Morgan fingerprint density at radius 1 is 1.30 bits per heavy atom. The highest BCUT2D eigenvalue weighted by atomic mass is 32.2. The van der Waals surface area contributed by atoms with Crippen LogP contribution in [-0.4, -0.2) is 30.9 Å². The van der Waals surface area contributed by atoms with E-state index in [4.69, 9.17) is 0 Å². The molecule has 1 unspecified atom stereocenters. The van der Waals surface area contributed by atoms with Gasteiger partial charge in [-0.25, -0.2) is 8.42 Å². The summed E-state index contributed by atoms with van der Waals surface area (Å²) in [5.41, 5.74) is 0. The molecule has 126 valence electrons. The summed E-state index contributed by atoms with van der Waals surface area (Å²) >= 11 is 2.91. The number of sulfonamides is 1. The van der Waals surface area contributed by atoms with E-state index in [1.807, 2.05) is 30.5 Å². The Kier molecular flexibility index (Phi) is 5.22. The summed E-state index contributed by atoms with van der Waals surface area (Å²) in [6, 6.07) is 7.48. The third-order valence-electron chi connectivity index (χ3n) is 4.36. The Labute approximate surface area is 145 Å². The van der Waals surface area contributed by atoms with Crippen LogP contribution in [0.2, 0.25) is 0 Å². The molecule has 0 amide bonds. The minimum Gasteiger partial charge on any atom is -0.387 e. The van der Waals surface area contributed by atoms with Crippen LogP contribution in [0.5, 0.6) is 0 Å². The molecule has 0 spiro atoms. The van der Waals surface area contributed by atoms with Crippen molar-refractivity contribution in [2.45, 2.75) is 36.5 Å². The van der Waals surface area contributed by atoms with Crippen molar-refractivity contribution >= 4 is 32.7 Å². The summed E-state index contributed by atoms with van der Waals surface area (Å²) in [5.74, 6) is 0.134. The number of aryl methyl sites for hydroxylation is 1. The topological polar surface area (TPSA) is 57.6 Å². The van der Waals surface area contributed by atoms with Crippen molar-refractivity contribution < 1.29 is 13.5 Å². The van der Waals surface area contributed by atoms with Crippen LogP contribution in [0.4, 0.5) is 0 Å². The molecule has 2 aromatic heterocycles. The lowest BCUT2D eigenvalue weighted by atomic mass is 9.91. The zero-order valence-corrected chi connectivity index (χ0v) is 15.5. The quantitative estimate of drug-likeness (QED) is 0.875. The van der Waals surface area contributed by atoms with E-state index in [2.05, 4.69) is 0 Å². The van der Waals surface area contributed by atoms with E-state index in [-0.39, 0.29) is 5.92 Å². The van der Waals surface area contributed by atoms with E-state index in [9.17, 15) is 13.5 Å². The lowest BCUT2D eigenvalue weighted by molar-refractivity contribution is 0.0789. The SMILES string of the molecule is CCc1ccc(S(=O)(=O)N2CCC(C(O)c3cccs3)CC2)s1. The largest absolute Gasteiger partial charge is 0.387 e. The minimum absolute atomic E-state index is 0.134. The van der Waals surface area contributed by atoms with Crippen LogP contribution in [-0.2, 0) is 16.4 Å². The molecule has 1 saturated heterocycles. The van der Waals surface area contributed by atoms with Gasteiger partial charge in [-0.15, -0.1) is 22.7 Å². The summed E-state index contributed by atoms with van der Waals surface area (Å²) in [7, 11) is -3.38. The standard InChI is InChI=1S/C16H21NO3S3/c1-2-13-5-6-15(22-13)23(19,20)17-9-7-12(8-10-17)16(18)14-4-3-11-21-14/h3-6,11-12,16,18H,2,7-10H2,1H3. The van der Waals surface area contributed by atoms with E-state index in [1.165, 1.54) is 11.3 Å². The molecule has 1 atom stereocenters. The normalized spacial score (nSPS) is 19.0. The first-order valence-corrected chi connectivity index (χ1v) is 11.0. The van der Waals surface area contributed by atoms with Crippen molar-refractivity contribution in [3.8, 4) is 0 Å². The van der Waals surface area contributed by atoms with Crippen LogP contribution < -0.4 is 0 Å². The fourth-order valence-electron chi connectivity index (χ4n) is 2.94. The first-order chi connectivity index (χ1) is 11.0. The molecule has 0 aliphatic carbocycles. The van der Waals surface area contributed by atoms with Gasteiger partial charge in [0.1, 0.15) is 4.21 Å². The van der Waals surface area contributed by atoms with Gasteiger partial charge in [0, 0.05) is 22.8 Å². The summed E-state index contributed by atoms with van der Waals surface area (Å²) < 4.78 is 27.4. The van der Waals surface area contributed by atoms with Gasteiger partial charge in [0.05, 0.1) is 6.10 Å². The van der Waals surface area contributed by atoms with Gasteiger partial charge in [-0.1, -0.05) is 13.0 Å². The fraction of sp³-hybridized carbons (Fsp3) is 0.500. The maximum absolute atomic E-state index is 12.7. The average Bonchev–Trinajstić information content (AvgIpc) is 3.25. The highest BCUT2D eigenvalue weighted by molar-refractivity contribution is 7.91. The van der Waals surface area contributed by atoms with Gasteiger partial charge >= 0.3 is 0 Å². The third-order valence-corrected chi connectivity index (χ3v) is 8.90. The second-order valence-electron chi connectivity index (χ2n) is 5.78. The van der Waals surface area contributed by atoms with Crippen LogP contribution in [0, 0.1) is 5.92 Å². The highest BCUT2D eigenvalue weighted by Gasteiger charge is 2.33. The van der Waals surface area contributed by atoms with Gasteiger partial charge in [-0.3, -0.25) is 0 Å². The number of nitrogens with zero attached hydrogens (tertiary/aromatic N) is 1. The van der Waals surface area contributed by atoms with Crippen LogP contribution in [0.15, 0.2) is 33.9 Å². The lowest BCUT2D eigenvalue weighted by Gasteiger charge is -2.32. The molecular weight excluding hydrogens is 350 g/mol. The fourth-order valence-corrected chi connectivity index (χ4v) is 6.66. The second kappa shape index (κ2) is 7.03. The molecule has 23 heavy (non-hydrogen) atoms. The Balaban J connectivity index is 1.66. The Morgan fingerprint density at radius 2 is 2.04 bits per heavy atom. The van der Waals surface area contributed by atoms with Gasteiger partial charge in [-0.05, 0) is 48.8 Å². The summed E-state index contributed by atoms with van der Waals surface area (Å²) in [5, 5.41) is 12.4. The molecule has 0 saturated carbocycles. The molecule has 3 heterocycles. The van der Waals surface area contributed by atoms with E-state index in [1.54, 1.807) is 21.7 Å². The van der Waals surface area contributed by atoms with E-state index >= 15 is 0 Å². The van der Waals surface area contributed by atoms with Gasteiger partial charge < -0.3 is 5.11 Å².